The number of hydrogen-bond donors (Lipinski definition) is 0. The van der Waals surface area contributed by atoms with E-state index in [0.29, 0.717) is 6.61 Å². The summed E-state index contributed by atoms with van der Waals surface area (Å²) in [6.07, 6.45) is 29.9. The van der Waals surface area contributed by atoms with Crippen LogP contribution in [0.2, 0.25) is 0 Å². The Bertz CT molecular complexity index is 533. The highest BCUT2D eigenvalue weighted by Crippen LogP contribution is 2.61. The van der Waals surface area contributed by atoms with E-state index in [4.69, 9.17) is 4.74 Å². The molecule has 3 aliphatic rings. The molecule has 3 fully saturated rings. The molecule has 0 amide bonds. The van der Waals surface area contributed by atoms with Gasteiger partial charge in [0.25, 0.3) is 0 Å². The normalized spacial score (nSPS) is 28.5. The fourth-order valence-corrected chi connectivity index (χ4v) is 8.18. The molecule has 0 aromatic heterocycles. The minimum atomic E-state index is -0.181. The van der Waals surface area contributed by atoms with Gasteiger partial charge in [-0.05, 0) is 68.6 Å². The van der Waals surface area contributed by atoms with E-state index in [1.165, 1.54) is 128 Å². The maximum Gasteiger partial charge on any atom is 0.312 e. The smallest absolute Gasteiger partial charge is 0.312 e. The van der Waals surface area contributed by atoms with E-state index in [0.717, 1.165) is 31.1 Å². The van der Waals surface area contributed by atoms with Gasteiger partial charge in [-0.1, -0.05) is 110 Å². The SMILES string of the molecule is CCCCCCCCCOC(=O)C1(C2(CCC)CCC(C3CCCCC3)CC2)CCCCC1. The summed E-state index contributed by atoms with van der Waals surface area (Å²) in [5.41, 5.74) is 0.0322. The van der Waals surface area contributed by atoms with E-state index in [1.807, 2.05) is 0 Å². The lowest BCUT2D eigenvalue weighted by molar-refractivity contribution is -0.175. The van der Waals surface area contributed by atoms with E-state index in [2.05, 4.69) is 13.8 Å². The Hall–Kier alpha value is -0.530. The van der Waals surface area contributed by atoms with Crippen LogP contribution < -0.4 is 0 Å². The van der Waals surface area contributed by atoms with Crippen LogP contribution >= 0.6 is 0 Å². The lowest BCUT2D eigenvalue weighted by atomic mass is 9.49. The summed E-state index contributed by atoms with van der Waals surface area (Å²) in [6, 6.07) is 0. The molecule has 2 heteroatoms. The van der Waals surface area contributed by atoms with Gasteiger partial charge in [-0.3, -0.25) is 4.79 Å². The number of rotatable bonds is 13. The minimum absolute atomic E-state index is 0.181. The Morgan fingerprint density at radius 1 is 0.667 bits per heavy atom. The molecular formula is C31H56O2. The number of ether oxygens (including phenoxy) is 1. The molecule has 0 aromatic carbocycles. The molecule has 192 valence electrons. The molecule has 0 N–H and O–H groups in total. The van der Waals surface area contributed by atoms with Gasteiger partial charge < -0.3 is 4.74 Å². The molecule has 3 aliphatic carbocycles. The van der Waals surface area contributed by atoms with Crippen molar-refractivity contribution in [3.63, 3.8) is 0 Å². The van der Waals surface area contributed by atoms with Crippen molar-refractivity contribution in [2.24, 2.45) is 22.7 Å². The van der Waals surface area contributed by atoms with E-state index >= 15 is 0 Å². The van der Waals surface area contributed by atoms with Crippen LogP contribution in [0.1, 0.15) is 162 Å². The van der Waals surface area contributed by atoms with Gasteiger partial charge in [0.05, 0.1) is 12.0 Å². The first-order chi connectivity index (χ1) is 16.2. The first-order valence-corrected chi connectivity index (χ1v) is 15.3. The first kappa shape index (κ1) is 27.1. The average molecular weight is 461 g/mol. The van der Waals surface area contributed by atoms with Crippen molar-refractivity contribution in [3.05, 3.63) is 0 Å². The molecule has 0 heterocycles. The van der Waals surface area contributed by atoms with Gasteiger partial charge >= 0.3 is 5.97 Å². The zero-order valence-corrected chi connectivity index (χ0v) is 22.4. The van der Waals surface area contributed by atoms with Crippen molar-refractivity contribution in [1.82, 2.24) is 0 Å². The molecule has 3 rings (SSSR count). The van der Waals surface area contributed by atoms with Crippen LogP contribution in [0.4, 0.5) is 0 Å². The molecule has 0 bridgehead atoms. The molecule has 0 aliphatic heterocycles. The summed E-state index contributed by atoms with van der Waals surface area (Å²) >= 11 is 0. The molecule has 0 spiro atoms. The quantitative estimate of drug-likeness (QED) is 0.202. The highest BCUT2D eigenvalue weighted by molar-refractivity contribution is 5.78. The van der Waals surface area contributed by atoms with Crippen molar-refractivity contribution in [1.29, 1.82) is 0 Å². The summed E-state index contributed by atoms with van der Waals surface area (Å²) in [7, 11) is 0. The predicted octanol–water partition coefficient (Wildman–Crippen LogP) is 9.79. The molecule has 2 nitrogen and oxygen atoms in total. The monoisotopic (exact) mass is 460 g/mol. The molecule has 0 atom stereocenters. The largest absolute Gasteiger partial charge is 0.465 e. The predicted molar refractivity (Wildman–Crippen MR) is 140 cm³/mol. The molecule has 0 saturated heterocycles. The van der Waals surface area contributed by atoms with Gasteiger partial charge in [-0.15, -0.1) is 0 Å². The van der Waals surface area contributed by atoms with Crippen molar-refractivity contribution < 1.29 is 9.53 Å². The Morgan fingerprint density at radius 2 is 1.24 bits per heavy atom. The Kier molecular flexibility index (Phi) is 11.6. The molecule has 0 radical (unpaired) electrons. The number of esters is 1. The van der Waals surface area contributed by atoms with Crippen molar-refractivity contribution in [2.45, 2.75) is 162 Å². The third-order valence-electron chi connectivity index (χ3n) is 10.1. The Balaban J connectivity index is 1.59. The van der Waals surface area contributed by atoms with Crippen LogP contribution in [0, 0.1) is 22.7 Å². The fourth-order valence-electron chi connectivity index (χ4n) is 8.18. The molecule has 0 aromatic rings. The second-order valence-corrected chi connectivity index (χ2v) is 12.2. The summed E-state index contributed by atoms with van der Waals surface area (Å²) in [4.78, 5) is 13.8. The molecule has 33 heavy (non-hydrogen) atoms. The Morgan fingerprint density at radius 3 is 1.88 bits per heavy atom. The topological polar surface area (TPSA) is 26.3 Å². The maximum absolute atomic E-state index is 13.8. The number of hydrogen-bond acceptors (Lipinski definition) is 2. The van der Waals surface area contributed by atoms with Crippen LogP contribution in [-0.4, -0.2) is 12.6 Å². The third kappa shape index (κ3) is 7.00. The summed E-state index contributed by atoms with van der Waals surface area (Å²) in [6.45, 7) is 5.27. The van der Waals surface area contributed by atoms with Crippen molar-refractivity contribution in [3.8, 4) is 0 Å². The lowest BCUT2D eigenvalue weighted by Crippen LogP contribution is -2.52. The molecule has 0 unspecified atom stereocenters. The summed E-state index contributed by atoms with van der Waals surface area (Å²) in [5.74, 6) is 2.11. The van der Waals surface area contributed by atoms with Gasteiger partial charge in [-0.2, -0.15) is 0 Å². The van der Waals surface area contributed by atoms with Crippen LogP contribution in [0.15, 0.2) is 0 Å². The fraction of sp³-hybridized carbons (Fsp3) is 0.968. The number of unbranched alkanes of at least 4 members (excludes halogenated alkanes) is 6. The third-order valence-corrected chi connectivity index (χ3v) is 10.1. The van der Waals surface area contributed by atoms with Crippen molar-refractivity contribution in [2.75, 3.05) is 6.61 Å². The second-order valence-electron chi connectivity index (χ2n) is 12.2. The number of carbonyl (C=O) groups is 1. The van der Waals surface area contributed by atoms with Gasteiger partial charge in [0.15, 0.2) is 0 Å². The first-order valence-electron chi connectivity index (χ1n) is 15.3. The highest BCUT2D eigenvalue weighted by Gasteiger charge is 2.57. The van der Waals surface area contributed by atoms with Crippen molar-refractivity contribution >= 4 is 5.97 Å². The Labute approximate surface area is 206 Å². The van der Waals surface area contributed by atoms with Gasteiger partial charge in [0.2, 0.25) is 0 Å². The summed E-state index contributed by atoms with van der Waals surface area (Å²) < 4.78 is 6.14. The standard InChI is InChI=1S/C31H56O2/c1-3-5-6-7-8-9-16-26-33-29(32)31(22-14-11-15-23-31)30(21-4-2)24-19-28(20-25-30)27-17-12-10-13-18-27/h27-28H,3-26H2,1-2H3. The molecular weight excluding hydrogens is 404 g/mol. The zero-order chi connectivity index (χ0) is 23.4. The average Bonchev–Trinajstić information content (AvgIpc) is 2.87. The van der Waals surface area contributed by atoms with Crippen LogP contribution in [-0.2, 0) is 9.53 Å². The summed E-state index contributed by atoms with van der Waals surface area (Å²) in [5, 5.41) is 0. The highest BCUT2D eigenvalue weighted by atomic mass is 16.5. The molecule has 3 saturated carbocycles. The van der Waals surface area contributed by atoms with Gasteiger partial charge in [0, 0.05) is 0 Å². The lowest BCUT2D eigenvalue weighted by Gasteiger charge is -2.55. The second kappa shape index (κ2) is 14.1. The van der Waals surface area contributed by atoms with E-state index in [1.54, 1.807) is 0 Å². The van der Waals surface area contributed by atoms with E-state index in [-0.39, 0.29) is 16.8 Å². The van der Waals surface area contributed by atoms with E-state index in [9.17, 15) is 4.79 Å². The maximum atomic E-state index is 13.8. The minimum Gasteiger partial charge on any atom is -0.465 e. The van der Waals surface area contributed by atoms with Crippen LogP contribution in [0.3, 0.4) is 0 Å². The number of carbonyl (C=O) groups excluding carboxylic acids is 1. The van der Waals surface area contributed by atoms with E-state index < -0.39 is 0 Å². The zero-order valence-electron chi connectivity index (χ0n) is 22.4. The van der Waals surface area contributed by atoms with Gasteiger partial charge in [0.1, 0.15) is 0 Å². The van der Waals surface area contributed by atoms with Crippen LogP contribution in [0.25, 0.3) is 0 Å². The van der Waals surface area contributed by atoms with Crippen LogP contribution in [0.5, 0.6) is 0 Å². The van der Waals surface area contributed by atoms with Gasteiger partial charge in [-0.25, -0.2) is 0 Å².